The van der Waals surface area contributed by atoms with Gasteiger partial charge in [0.15, 0.2) is 0 Å². The minimum atomic E-state index is 0.267. The summed E-state index contributed by atoms with van der Waals surface area (Å²) in [4.78, 5) is 0. The summed E-state index contributed by atoms with van der Waals surface area (Å²) in [6.45, 7) is 7.65. The van der Waals surface area contributed by atoms with Gasteiger partial charge >= 0.3 is 0 Å². The maximum absolute atomic E-state index is 6.09. The lowest BCUT2D eigenvalue weighted by molar-refractivity contribution is -0.0836. The number of fused-ring (bicyclic) bond motifs is 5. The number of hydrogen-bond acceptors (Lipinski definition) is 1. The summed E-state index contributed by atoms with van der Waals surface area (Å²) >= 11 is 0. The molecule has 2 bridgehead atoms. The van der Waals surface area contributed by atoms with Gasteiger partial charge in [-0.2, -0.15) is 0 Å². The highest BCUT2D eigenvalue weighted by atomic mass is 16.5. The van der Waals surface area contributed by atoms with Crippen LogP contribution in [0.2, 0.25) is 0 Å². The predicted molar refractivity (Wildman–Crippen MR) is 77.9 cm³/mol. The smallest absolute Gasteiger partial charge is 0.0744 e. The molecule has 0 spiro atoms. The second-order valence-corrected chi connectivity index (χ2v) is 8.97. The van der Waals surface area contributed by atoms with E-state index in [4.69, 9.17) is 4.74 Å². The predicted octanol–water partition coefficient (Wildman–Crippen LogP) is 4.65. The molecule has 0 saturated heterocycles. The van der Waals surface area contributed by atoms with Crippen molar-refractivity contribution < 1.29 is 4.74 Å². The molecule has 0 N–H and O–H groups in total. The van der Waals surface area contributed by atoms with E-state index in [1.807, 2.05) is 7.11 Å². The molecular weight excluding hydrogens is 232 g/mol. The Hall–Kier alpha value is -0.0400. The number of rotatable bonds is 1. The summed E-state index contributed by atoms with van der Waals surface area (Å²) in [7, 11) is 1.97. The molecule has 0 heterocycles. The summed E-state index contributed by atoms with van der Waals surface area (Å²) < 4.78 is 6.09. The standard InChI is InChI=1S/C18H30O/c1-12-16(2)8-13(15-10-18(12,15)19-4)6-5-7-14-9-17(14,3)11-16/h12-15H,5-11H2,1-4H3. The highest BCUT2D eigenvalue weighted by Crippen LogP contribution is 2.72. The van der Waals surface area contributed by atoms with E-state index in [0.29, 0.717) is 10.8 Å². The van der Waals surface area contributed by atoms with Crippen molar-refractivity contribution in [3.8, 4) is 0 Å². The lowest BCUT2D eigenvalue weighted by Crippen LogP contribution is -2.45. The van der Waals surface area contributed by atoms with E-state index in [2.05, 4.69) is 20.8 Å². The summed E-state index contributed by atoms with van der Waals surface area (Å²) in [6, 6.07) is 0. The van der Waals surface area contributed by atoms with E-state index >= 15 is 0 Å². The average molecular weight is 262 g/mol. The monoisotopic (exact) mass is 262 g/mol. The number of ether oxygens (including phenoxy) is 1. The van der Waals surface area contributed by atoms with Gasteiger partial charge in [0.25, 0.3) is 0 Å². The van der Waals surface area contributed by atoms with Crippen LogP contribution in [-0.4, -0.2) is 12.7 Å². The van der Waals surface area contributed by atoms with E-state index in [0.717, 1.165) is 23.7 Å². The second-order valence-electron chi connectivity index (χ2n) is 8.97. The van der Waals surface area contributed by atoms with Crippen LogP contribution in [0.5, 0.6) is 0 Å². The minimum Gasteiger partial charge on any atom is -0.378 e. The highest BCUT2D eigenvalue weighted by molar-refractivity contribution is 5.19. The van der Waals surface area contributed by atoms with Gasteiger partial charge in [-0.15, -0.1) is 0 Å². The van der Waals surface area contributed by atoms with Crippen molar-refractivity contribution in [3.05, 3.63) is 0 Å². The molecule has 108 valence electrons. The van der Waals surface area contributed by atoms with E-state index in [-0.39, 0.29) is 5.60 Å². The summed E-state index contributed by atoms with van der Waals surface area (Å²) in [5.74, 6) is 3.65. The van der Waals surface area contributed by atoms with Crippen molar-refractivity contribution in [2.75, 3.05) is 7.11 Å². The maximum atomic E-state index is 6.09. The van der Waals surface area contributed by atoms with Gasteiger partial charge in [0, 0.05) is 7.11 Å². The van der Waals surface area contributed by atoms with Gasteiger partial charge in [0.1, 0.15) is 0 Å². The molecule has 1 heteroatoms. The maximum Gasteiger partial charge on any atom is 0.0744 e. The molecule has 4 saturated carbocycles. The molecule has 4 aliphatic rings. The van der Waals surface area contributed by atoms with Crippen LogP contribution in [0.4, 0.5) is 0 Å². The normalized spacial score (nSPS) is 63.2. The van der Waals surface area contributed by atoms with E-state index in [1.165, 1.54) is 44.9 Å². The van der Waals surface area contributed by atoms with E-state index < -0.39 is 0 Å². The molecule has 19 heavy (non-hydrogen) atoms. The SMILES string of the molecule is COC12CC1C1CCCC3CC3(C)CC(C)(C1)C2C. The summed E-state index contributed by atoms with van der Waals surface area (Å²) in [5.41, 5.74) is 1.47. The molecule has 1 nitrogen and oxygen atoms in total. The third-order valence-corrected chi connectivity index (χ3v) is 7.94. The average Bonchev–Trinajstić information content (AvgIpc) is 3.22. The van der Waals surface area contributed by atoms with Crippen molar-refractivity contribution >= 4 is 0 Å². The fourth-order valence-electron chi connectivity index (χ4n) is 6.52. The molecule has 7 atom stereocenters. The quantitative estimate of drug-likeness (QED) is 0.668. The van der Waals surface area contributed by atoms with Crippen LogP contribution in [0.25, 0.3) is 0 Å². The van der Waals surface area contributed by atoms with Crippen LogP contribution < -0.4 is 0 Å². The van der Waals surface area contributed by atoms with Crippen LogP contribution in [-0.2, 0) is 4.74 Å². The van der Waals surface area contributed by atoms with Gasteiger partial charge in [0.2, 0.25) is 0 Å². The topological polar surface area (TPSA) is 9.23 Å². The van der Waals surface area contributed by atoms with Crippen LogP contribution >= 0.6 is 0 Å². The van der Waals surface area contributed by atoms with E-state index in [9.17, 15) is 0 Å². The van der Waals surface area contributed by atoms with Gasteiger partial charge in [-0.05, 0) is 66.6 Å². The third kappa shape index (κ3) is 1.57. The zero-order valence-corrected chi connectivity index (χ0v) is 13.2. The molecule has 0 aromatic carbocycles. The minimum absolute atomic E-state index is 0.267. The third-order valence-electron chi connectivity index (χ3n) is 7.94. The summed E-state index contributed by atoms with van der Waals surface area (Å²) in [6.07, 6.45) is 10.3. The molecular formula is C18H30O. The first-order valence-corrected chi connectivity index (χ1v) is 8.49. The summed E-state index contributed by atoms with van der Waals surface area (Å²) in [5, 5.41) is 0. The zero-order valence-electron chi connectivity index (χ0n) is 13.2. The first-order chi connectivity index (χ1) is 8.94. The Morgan fingerprint density at radius 3 is 2.53 bits per heavy atom. The largest absolute Gasteiger partial charge is 0.378 e. The molecule has 4 aliphatic carbocycles. The van der Waals surface area contributed by atoms with Gasteiger partial charge in [0.05, 0.1) is 5.60 Å². The van der Waals surface area contributed by atoms with E-state index in [1.54, 1.807) is 0 Å². The molecule has 4 fully saturated rings. The Bertz CT molecular complexity index is 404. The fraction of sp³-hybridized carbons (Fsp3) is 1.00. The van der Waals surface area contributed by atoms with Gasteiger partial charge in [-0.25, -0.2) is 0 Å². The Balaban J connectivity index is 1.69. The van der Waals surface area contributed by atoms with Crippen LogP contribution in [0.3, 0.4) is 0 Å². The molecule has 0 aromatic rings. The van der Waals surface area contributed by atoms with Crippen LogP contribution in [0, 0.1) is 34.5 Å². The first kappa shape index (κ1) is 12.7. The van der Waals surface area contributed by atoms with Gasteiger partial charge < -0.3 is 4.74 Å². The van der Waals surface area contributed by atoms with Crippen molar-refractivity contribution in [1.29, 1.82) is 0 Å². The molecule has 0 radical (unpaired) electrons. The molecule has 0 aliphatic heterocycles. The fourth-order valence-corrected chi connectivity index (χ4v) is 6.52. The lowest BCUT2D eigenvalue weighted by atomic mass is 9.59. The Kier molecular flexibility index (Phi) is 2.39. The Labute approximate surface area is 118 Å². The lowest BCUT2D eigenvalue weighted by Gasteiger charge is -2.48. The molecule has 0 aromatic heterocycles. The van der Waals surface area contributed by atoms with Crippen molar-refractivity contribution in [1.82, 2.24) is 0 Å². The molecule has 4 rings (SSSR count). The van der Waals surface area contributed by atoms with Crippen molar-refractivity contribution in [3.63, 3.8) is 0 Å². The Morgan fingerprint density at radius 1 is 1.00 bits per heavy atom. The first-order valence-electron chi connectivity index (χ1n) is 8.49. The van der Waals surface area contributed by atoms with Crippen molar-refractivity contribution in [2.24, 2.45) is 34.5 Å². The second kappa shape index (κ2) is 3.59. The Morgan fingerprint density at radius 2 is 1.79 bits per heavy atom. The number of methoxy groups -OCH3 is 1. The van der Waals surface area contributed by atoms with Gasteiger partial charge in [-0.1, -0.05) is 33.6 Å². The zero-order chi connectivity index (χ0) is 13.5. The van der Waals surface area contributed by atoms with Crippen molar-refractivity contribution in [2.45, 2.75) is 71.3 Å². The molecule has 0 amide bonds. The van der Waals surface area contributed by atoms with Gasteiger partial charge in [-0.3, -0.25) is 0 Å². The molecule has 7 unspecified atom stereocenters. The van der Waals surface area contributed by atoms with Crippen LogP contribution in [0.15, 0.2) is 0 Å². The number of hydrogen-bond donors (Lipinski definition) is 0. The highest BCUT2D eigenvalue weighted by Gasteiger charge is 2.70. The van der Waals surface area contributed by atoms with Crippen LogP contribution in [0.1, 0.15) is 65.7 Å².